The lowest BCUT2D eigenvalue weighted by atomic mass is 9.95. The molecule has 0 unspecified atom stereocenters. The van der Waals surface area contributed by atoms with Crippen LogP contribution in [0.4, 0.5) is 5.82 Å². The first kappa shape index (κ1) is 23.4. The van der Waals surface area contributed by atoms with Gasteiger partial charge in [-0.1, -0.05) is 61.7 Å². The molecule has 1 saturated carbocycles. The number of nitrogens with zero attached hydrogens (tertiary/aromatic N) is 4. The van der Waals surface area contributed by atoms with E-state index in [9.17, 15) is 0 Å². The molecule has 0 atom stereocenters. The number of nitrogens with one attached hydrogen (secondary N) is 1. The normalized spacial score (nSPS) is 14.7. The summed E-state index contributed by atoms with van der Waals surface area (Å²) in [4.78, 5) is 10.8. The number of methoxy groups -OCH3 is 1. The van der Waals surface area contributed by atoms with Crippen molar-refractivity contribution in [3.63, 3.8) is 0 Å². The van der Waals surface area contributed by atoms with E-state index in [4.69, 9.17) is 19.8 Å². The van der Waals surface area contributed by atoms with Gasteiger partial charge in [0.1, 0.15) is 11.4 Å². The molecule has 0 saturated heterocycles. The minimum Gasteiger partial charge on any atom is -0.497 e. The van der Waals surface area contributed by atoms with Crippen LogP contribution in [0.2, 0.25) is 0 Å². The third-order valence-corrected chi connectivity index (χ3v) is 7.78. The fourth-order valence-electron chi connectivity index (χ4n) is 5.04. The molecule has 7 heteroatoms. The molecular formula is C30H29N5OS. The predicted octanol–water partition coefficient (Wildman–Crippen LogP) is 7.27. The van der Waals surface area contributed by atoms with Gasteiger partial charge in [0.2, 0.25) is 4.80 Å². The number of ether oxygens (including phenoxy) is 1. The highest BCUT2D eigenvalue weighted by Gasteiger charge is 2.21. The first-order valence-corrected chi connectivity index (χ1v) is 13.6. The Labute approximate surface area is 220 Å². The molecule has 3 aromatic carbocycles. The average molecular weight is 508 g/mol. The second-order valence-electron chi connectivity index (χ2n) is 9.29. The van der Waals surface area contributed by atoms with Crippen molar-refractivity contribution in [3.05, 3.63) is 89.0 Å². The van der Waals surface area contributed by atoms with Gasteiger partial charge in [0.15, 0.2) is 5.82 Å². The van der Waals surface area contributed by atoms with Crippen molar-refractivity contribution in [1.82, 2.24) is 14.5 Å². The Kier molecular flexibility index (Phi) is 6.69. The molecule has 2 aromatic heterocycles. The van der Waals surface area contributed by atoms with Crippen LogP contribution in [0.3, 0.4) is 0 Å². The van der Waals surface area contributed by atoms with Gasteiger partial charge >= 0.3 is 0 Å². The zero-order valence-corrected chi connectivity index (χ0v) is 21.6. The highest BCUT2D eigenvalue weighted by molar-refractivity contribution is 7.07. The molecule has 186 valence electrons. The summed E-state index contributed by atoms with van der Waals surface area (Å²) in [6, 6.07) is 26.8. The van der Waals surface area contributed by atoms with Gasteiger partial charge in [-0.05, 0) is 54.8 Å². The molecule has 0 amide bonds. The van der Waals surface area contributed by atoms with E-state index in [1.807, 2.05) is 54.6 Å². The van der Waals surface area contributed by atoms with Crippen LogP contribution in [-0.4, -0.2) is 21.6 Å². The van der Waals surface area contributed by atoms with Crippen molar-refractivity contribution < 1.29 is 4.74 Å². The fourth-order valence-corrected chi connectivity index (χ4v) is 5.97. The molecule has 2 heterocycles. The Morgan fingerprint density at radius 3 is 2.27 bits per heavy atom. The molecule has 0 aliphatic heterocycles. The SMILES string of the molecule is COc1ccc(-c2cs/c(=N/Nc3nc4ccccc4nc3-c3ccccc3)n2C2CCCCC2)cc1. The first-order chi connectivity index (χ1) is 18.3. The lowest BCUT2D eigenvalue weighted by Gasteiger charge is -2.25. The fraction of sp³-hybridized carbons (Fsp3) is 0.233. The molecular weight excluding hydrogens is 478 g/mol. The van der Waals surface area contributed by atoms with Gasteiger partial charge in [-0.2, -0.15) is 0 Å². The highest BCUT2D eigenvalue weighted by atomic mass is 32.1. The van der Waals surface area contributed by atoms with Crippen molar-refractivity contribution in [2.24, 2.45) is 5.10 Å². The first-order valence-electron chi connectivity index (χ1n) is 12.8. The van der Waals surface area contributed by atoms with Crippen molar-refractivity contribution in [3.8, 4) is 28.3 Å². The number of thiazole rings is 1. The smallest absolute Gasteiger partial charge is 0.208 e. The maximum Gasteiger partial charge on any atom is 0.208 e. The summed E-state index contributed by atoms with van der Waals surface area (Å²) in [6.45, 7) is 0. The van der Waals surface area contributed by atoms with Crippen LogP contribution >= 0.6 is 11.3 Å². The van der Waals surface area contributed by atoms with E-state index in [2.05, 4.69) is 39.6 Å². The summed E-state index contributed by atoms with van der Waals surface area (Å²) in [6.07, 6.45) is 6.13. The van der Waals surface area contributed by atoms with Gasteiger partial charge in [0.05, 0.1) is 23.8 Å². The lowest BCUT2D eigenvalue weighted by molar-refractivity contribution is 0.350. The van der Waals surface area contributed by atoms with Crippen molar-refractivity contribution in [1.29, 1.82) is 0 Å². The van der Waals surface area contributed by atoms with Gasteiger partial charge in [-0.25, -0.2) is 9.97 Å². The summed E-state index contributed by atoms with van der Waals surface area (Å²) >= 11 is 1.65. The Balaban J connectivity index is 1.45. The molecule has 0 bridgehead atoms. The van der Waals surface area contributed by atoms with Crippen LogP contribution in [0.5, 0.6) is 5.75 Å². The van der Waals surface area contributed by atoms with Gasteiger partial charge < -0.3 is 9.30 Å². The number of hydrogen-bond acceptors (Lipinski definition) is 6. The summed E-state index contributed by atoms with van der Waals surface area (Å²) in [5, 5.41) is 7.14. The number of aromatic nitrogens is 3. The van der Waals surface area contributed by atoms with Crippen LogP contribution in [0, 0.1) is 0 Å². The Morgan fingerprint density at radius 2 is 1.54 bits per heavy atom. The van der Waals surface area contributed by atoms with E-state index in [0.717, 1.165) is 45.7 Å². The largest absolute Gasteiger partial charge is 0.497 e. The number of hydrogen-bond donors (Lipinski definition) is 1. The van der Waals surface area contributed by atoms with Crippen molar-refractivity contribution in [2.45, 2.75) is 38.1 Å². The van der Waals surface area contributed by atoms with Gasteiger partial charge in [-0.15, -0.1) is 16.4 Å². The van der Waals surface area contributed by atoms with Gasteiger partial charge in [0.25, 0.3) is 0 Å². The second kappa shape index (κ2) is 10.6. The molecule has 1 aliphatic rings. The molecule has 0 radical (unpaired) electrons. The number of fused-ring (bicyclic) bond motifs is 1. The van der Waals surface area contributed by atoms with Crippen LogP contribution in [0.15, 0.2) is 89.3 Å². The van der Waals surface area contributed by atoms with Crippen molar-refractivity contribution in [2.75, 3.05) is 12.5 Å². The van der Waals surface area contributed by atoms with Crippen LogP contribution in [-0.2, 0) is 0 Å². The van der Waals surface area contributed by atoms with Crippen LogP contribution in [0.1, 0.15) is 38.1 Å². The third kappa shape index (κ3) is 4.87. The van der Waals surface area contributed by atoms with Gasteiger partial charge in [0, 0.05) is 17.0 Å². The molecule has 1 aliphatic carbocycles. The number of rotatable bonds is 6. The zero-order valence-electron chi connectivity index (χ0n) is 20.8. The third-order valence-electron chi connectivity index (χ3n) is 6.94. The standard InChI is InChI=1S/C30H29N5OS/c1-36-24-18-16-21(17-19-24)27-20-37-30(35(27)23-12-6-3-7-13-23)34-33-29-28(22-10-4-2-5-11-22)31-25-14-8-9-15-26(25)32-29/h2,4-5,8-11,14-20,23H,3,6-7,12-13H2,1H3,(H,32,33)/b34-30+. The Hall–Kier alpha value is -3.97. The highest BCUT2D eigenvalue weighted by Crippen LogP contribution is 2.33. The molecule has 1 N–H and O–H groups in total. The summed E-state index contributed by atoms with van der Waals surface area (Å²) in [7, 11) is 1.70. The van der Waals surface area contributed by atoms with E-state index in [0.29, 0.717) is 11.9 Å². The second-order valence-corrected chi connectivity index (χ2v) is 10.1. The van der Waals surface area contributed by atoms with E-state index >= 15 is 0 Å². The molecule has 0 spiro atoms. The van der Waals surface area contributed by atoms with Crippen molar-refractivity contribution >= 4 is 28.2 Å². The molecule has 6 nitrogen and oxygen atoms in total. The monoisotopic (exact) mass is 507 g/mol. The lowest BCUT2D eigenvalue weighted by Crippen LogP contribution is -2.25. The van der Waals surface area contributed by atoms with E-state index < -0.39 is 0 Å². The number of benzene rings is 3. The average Bonchev–Trinajstić information content (AvgIpc) is 3.40. The van der Waals surface area contributed by atoms with E-state index in [-0.39, 0.29) is 0 Å². The number of anilines is 1. The van der Waals surface area contributed by atoms with Gasteiger partial charge in [-0.3, -0.25) is 5.43 Å². The zero-order chi connectivity index (χ0) is 25.0. The van der Waals surface area contributed by atoms with E-state index in [1.165, 1.54) is 30.5 Å². The van der Waals surface area contributed by atoms with Crippen LogP contribution < -0.4 is 15.0 Å². The molecule has 37 heavy (non-hydrogen) atoms. The molecule has 6 rings (SSSR count). The maximum atomic E-state index is 5.38. The van der Waals surface area contributed by atoms with Crippen LogP contribution in [0.25, 0.3) is 33.5 Å². The minimum absolute atomic E-state index is 0.425. The Morgan fingerprint density at radius 1 is 0.838 bits per heavy atom. The maximum absolute atomic E-state index is 5.38. The topological polar surface area (TPSA) is 64.3 Å². The minimum atomic E-state index is 0.425. The predicted molar refractivity (Wildman–Crippen MR) is 151 cm³/mol. The Bertz CT molecular complexity index is 1570. The summed E-state index contributed by atoms with van der Waals surface area (Å²) in [5.41, 5.74) is 9.15. The molecule has 1 fully saturated rings. The quantitative estimate of drug-likeness (QED) is 0.246. The summed E-state index contributed by atoms with van der Waals surface area (Å²) in [5.74, 6) is 1.51. The summed E-state index contributed by atoms with van der Waals surface area (Å²) < 4.78 is 7.79. The van der Waals surface area contributed by atoms with E-state index in [1.54, 1.807) is 18.4 Å². The molecule has 5 aromatic rings. The number of para-hydroxylation sites is 2.